The third kappa shape index (κ3) is 6.79. The van der Waals surface area contributed by atoms with Gasteiger partial charge in [-0.3, -0.25) is 0 Å². The van der Waals surface area contributed by atoms with E-state index in [-0.39, 0.29) is 5.75 Å². The van der Waals surface area contributed by atoms with Crippen LogP contribution in [0.15, 0.2) is 47.4 Å². The van der Waals surface area contributed by atoms with Crippen LogP contribution in [-0.4, -0.2) is 39.0 Å². The number of benzene rings is 2. The van der Waals surface area contributed by atoms with E-state index >= 15 is 0 Å². The van der Waals surface area contributed by atoms with Gasteiger partial charge in [0.15, 0.2) is 18.1 Å². The van der Waals surface area contributed by atoms with Gasteiger partial charge in [-0.2, -0.15) is 28.2 Å². The van der Waals surface area contributed by atoms with Crippen molar-refractivity contribution in [3.63, 3.8) is 0 Å². The molecule has 0 bridgehead atoms. The number of ether oxygens (including phenoxy) is 2. The largest absolute Gasteiger partial charge is 0.573 e. The Morgan fingerprint density at radius 1 is 1.03 bits per heavy atom. The average molecular weight is 507 g/mol. The maximum absolute atomic E-state index is 12.7. The molecule has 0 atom stereocenters. The lowest BCUT2D eigenvalue weighted by molar-refractivity contribution is -0.275. The molecule has 14 heteroatoms. The standard InChI is InChI=1S/C20H15F6N3O4S/c1-11-15(28-29(27-11)13-4-2-12(3-5-13)19(21,22)23)10-34-14-6-7-16(32-9-18(30)31)17(8-14)33-20(24,25)26/h2-8H,9-10H2,1H3,(H,30,31). The van der Waals surface area contributed by atoms with Crippen molar-refractivity contribution in [2.75, 3.05) is 6.61 Å². The predicted octanol–water partition coefficient (Wildman–Crippen LogP) is 5.25. The lowest BCUT2D eigenvalue weighted by atomic mass is 10.2. The van der Waals surface area contributed by atoms with E-state index in [0.717, 1.165) is 40.8 Å². The molecular formula is C20H15F6N3O4S. The van der Waals surface area contributed by atoms with E-state index in [0.29, 0.717) is 22.0 Å². The molecule has 0 radical (unpaired) electrons. The summed E-state index contributed by atoms with van der Waals surface area (Å²) < 4.78 is 85.1. The third-order valence-electron chi connectivity index (χ3n) is 4.17. The zero-order valence-corrected chi connectivity index (χ0v) is 18.0. The van der Waals surface area contributed by atoms with Crippen LogP contribution in [0.1, 0.15) is 17.0 Å². The highest BCUT2D eigenvalue weighted by molar-refractivity contribution is 7.98. The van der Waals surface area contributed by atoms with E-state index in [2.05, 4.69) is 14.9 Å². The number of aliphatic carboxylic acids is 1. The van der Waals surface area contributed by atoms with Gasteiger partial charge in [0.25, 0.3) is 0 Å². The molecular weight excluding hydrogens is 492 g/mol. The van der Waals surface area contributed by atoms with Crippen LogP contribution in [0.4, 0.5) is 26.3 Å². The van der Waals surface area contributed by atoms with Crippen LogP contribution in [0.5, 0.6) is 11.5 Å². The smallest absolute Gasteiger partial charge is 0.479 e. The summed E-state index contributed by atoms with van der Waals surface area (Å²) in [7, 11) is 0. The fourth-order valence-electron chi connectivity index (χ4n) is 2.63. The van der Waals surface area contributed by atoms with Crippen LogP contribution in [0.3, 0.4) is 0 Å². The molecule has 0 amide bonds. The van der Waals surface area contributed by atoms with Gasteiger partial charge in [0.1, 0.15) is 0 Å². The number of carboxylic acid groups (broad SMARTS) is 1. The minimum atomic E-state index is -5.02. The zero-order chi connectivity index (χ0) is 25.1. The highest BCUT2D eigenvalue weighted by Crippen LogP contribution is 2.37. The highest BCUT2D eigenvalue weighted by Gasteiger charge is 2.33. The van der Waals surface area contributed by atoms with E-state index in [9.17, 15) is 31.1 Å². The van der Waals surface area contributed by atoms with Crippen molar-refractivity contribution in [1.82, 2.24) is 15.0 Å². The summed E-state index contributed by atoms with van der Waals surface area (Å²) in [6.45, 7) is 0.775. The van der Waals surface area contributed by atoms with E-state index in [4.69, 9.17) is 9.84 Å². The molecule has 0 unspecified atom stereocenters. The molecule has 34 heavy (non-hydrogen) atoms. The van der Waals surface area contributed by atoms with Gasteiger partial charge >= 0.3 is 18.5 Å². The summed E-state index contributed by atoms with van der Waals surface area (Å²) in [6.07, 6.45) is -9.50. The topological polar surface area (TPSA) is 86.5 Å². The van der Waals surface area contributed by atoms with Crippen LogP contribution >= 0.6 is 11.8 Å². The van der Waals surface area contributed by atoms with E-state index in [1.807, 2.05) is 0 Å². The van der Waals surface area contributed by atoms with Crippen LogP contribution < -0.4 is 9.47 Å². The Bertz CT molecular complexity index is 1160. The van der Waals surface area contributed by atoms with Crippen molar-refractivity contribution >= 4 is 17.7 Å². The lowest BCUT2D eigenvalue weighted by Gasteiger charge is -2.14. The van der Waals surface area contributed by atoms with E-state index in [1.165, 1.54) is 18.2 Å². The molecule has 3 aromatic rings. The summed E-state index contributed by atoms with van der Waals surface area (Å²) in [5.74, 6) is -2.30. The number of hydrogen-bond acceptors (Lipinski definition) is 6. The second-order valence-electron chi connectivity index (χ2n) is 6.69. The van der Waals surface area contributed by atoms with Gasteiger partial charge in [0, 0.05) is 10.6 Å². The molecule has 0 spiro atoms. The molecule has 0 saturated carbocycles. The molecule has 0 aliphatic heterocycles. The Morgan fingerprint density at radius 3 is 2.29 bits per heavy atom. The van der Waals surface area contributed by atoms with E-state index in [1.54, 1.807) is 6.92 Å². The Kier molecular flexibility index (Phi) is 7.29. The van der Waals surface area contributed by atoms with Crippen LogP contribution in [0.25, 0.3) is 5.69 Å². The quantitative estimate of drug-likeness (QED) is 0.329. The second kappa shape index (κ2) is 9.83. The van der Waals surface area contributed by atoms with Crippen molar-refractivity contribution in [3.05, 3.63) is 59.4 Å². The minimum Gasteiger partial charge on any atom is -0.479 e. The first kappa shape index (κ1) is 25.2. The minimum absolute atomic E-state index is 0.174. The summed E-state index contributed by atoms with van der Waals surface area (Å²) in [5, 5.41) is 17.1. The summed E-state index contributed by atoms with van der Waals surface area (Å²) in [6, 6.07) is 7.85. The van der Waals surface area contributed by atoms with Crippen LogP contribution in [0, 0.1) is 6.92 Å². The molecule has 0 fully saturated rings. The van der Waals surface area contributed by atoms with Crippen LogP contribution in [-0.2, 0) is 16.7 Å². The number of hydrogen-bond donors (Lipinski definition) is 1. The number of carboxylic acids is 1. The summed E-state index contributed by atoms with van der Waals surface area (Å²) in [4.78, 5) is 12.1. The SMILES string of the molecule is Cc1nn(-c2ccc(C(F)(F)F)cc2)nc1CSc1ccc(OCC(=O)O)c(OC(F)(F)F)c1. The van der Waals surface area contributed by atoms with Crippen molar-refractivity contribution in [3.8, 4) is 17.2 Å². The number of carbonyl (C=O) groups is 1. The normalized spacial score (nSPS) is 12.0. The second-order valence-corrected chi connectivity index (χ2v) is 7.74. The van der Waals surface area contributed by atoms with Crippen molar-refractivity contribution < 1.29 is 45.7 Å². The van der Waals surface area contributed by atoms with Gasteiger partial charge in [-0.15, -0.1) is 24.9 Å². The van der Waals surface area contributed by atoms with Gasteiger partial charge in [-0.1, -0.05) is 0 Å². The molecule has 182 valence electrons. The summed E-state index contributed by atoms with van der Waals surface area (Å²) in [5.41, 5.74) is 0.409. The summed E-state index contributed by atoms with van der Waals surface area (Å²) >= 11 is 1.09. The van der Waals surface area contributed by atoms with Crippen molar-refractivity contribution in [1.29, 1.82) is 0 Å². The number of aromatic nitrogens is 3. The molecule has 0 aliphatic rings. The van der Waals surface area contributed by atoms with Gasteiger partial charge in [-0.05, 0) is 49.4 Å². The Labute approximate surface area is 192 Å². The van der Waals surface area contributed by atoms with Gasteiger partial charge in [-0.25, -0.2) is 4.79 Å². The third-order valence-corrected chi connectivity index (χ3v) is 5.18. The molecule has 7 nitrogen and oxygen atoms in total. The number of nitrogens with zero attached hydrogens (tertiary/aromatic N) is 3. The number of alkyl halides is 6. The first-order valence-corrected chi connectivity index (χ1v) is 10.3. The monoisotopic (exact) mass is 507 g/mol. The maximum atomic E-state index is 12.7. The highest BCUT2D eigenvalue weighted by atomic mass is 32.2. The van der Waals surface area contributed by atoms with E-state index < -0.39 is 42.2 Å². The Balaban J connectivity index is 1.75. The lowest BCUT2D eigenvalue weighted by Crippen LogP contribution is -2.18. The number of rotatable bonds is 8. The average Bonchev–Trinajstić information content (AvgIpc) is 3.10. The molecule has 0 saturated heterocycles. The van der Waals surface area contributed by atoms with Gasteiger partial charge in [0.2, 0.25) is 0 Å². The van der Waals surface area contributed by atoms with Crippen molar-refractivity contribution in [2.24, 2.45) is 0 Å². The molecule has 1 N–H and O–H groups in total. The number of thioether (sulfide) groups is 1. The molecule has 2 aromatic carbocycles. The first-order valence-electron chi connectivity index (χ1n) is 9.29. The fourth-order valence-corrected chi connectivity index (χ4v) is 3.56. The predicted molar refractivity (Wildman–Crippen MR) is 107 cm³/mol. The number of halogens is 6. The van der Waals surface area contributed by atoms with Gasteiger partial charge < -0.3 is 14.6 Å². The molecule has 3 rings (SSSR count). The number of aryl methyl sites for hydroxylation is 1. The Hall–Kier alpha value is -3.42. The Morgan fingerprint density at radius 2 is 1.71 bits per heavy atom. The maximum Gasteiger partial charge on any atom is 0.573 e. The fraction of sp³-hybridized carbons (Fsp3) is 0.250. The van der Waals surface area contributed by atoms with Crippen LogP contribution in [0.2, 0.25) is 0 Å². The first-order chi connectivity index (χ1) is 15.8. The van der Waals surface area contributed by atoms with Crippen molar-refractivity contribution in [2.45, 2.75) is 30.1 Å². The van der Waals surface area contributed by atoms with Gasteiger partial charge in [0.05, 0.1) is 22.6 Å². The molecule has 1 aromatic heterocycles. The zero-order valence-electron chi connectivity index (χ0n) is 17.1. The molecule has 0 aliphatic carbocycles. The molecule has 1 heterocycles.